The molecule has 2 aliphatic rings. The third-order valence-electron chi connectivity index (χ3n) is 4.75. The van der Waals surface area contributed by atoms with Gasteiger partial charge in [0, 0.05) is 36.9 Å². The van der Waals surface area contributed by atoms with Crippen LogP contribution in [0.5, 0.6) is 0 Å². The van der Waals surface area contributed by atoms with E-state index >= 15 is 0 Å². The van der Waals surface area contributed by atoms with Crippen LogP contribution in [0.25, 0.3) is 0 Å². The highest BCUT2D eigenvalue weighted by atomic mass is 35.5. The van der Waals surface area contributed by atoms with Crippen molar-refractivity contribution < 1.29 is 9.47 Å². The van der Waals surface area contributed by atoms with Crippen LogP contribution in [0.1, 0.15) is 44.2 Å². The maximum absolute atomic E-state index is 6.30. The van der Waals surface area contributed by atoms with Crippen molar-refractivity contribution in [3.63, 3.8) is 0 Å². The zero-order valence-corrected chi connectivity index (χ0v) is 13.4. The van der Waals surface area contributed by atoms with Crippen molar-refractivity contribution in [3.8, 4) is 0 Å². The molecule has 3 nitrogen and oxygen atoms in total. The quantitative estimate of drug-likeness (QED) is 0.923. The van der Waals surface area contributed by atoms with Crippen molar-refractivity contribution in [3.05, 3.63) is 34.9 Å². The molecule has 0 aliphatic carbocycles. The lowest BCUT2D eigenvalue weighted by molar-refractivity contribution is -0.140. The molecule has 2 atom stereocenters. The van der Waals surface area contributed by atoms with E-state index in [2.05, 4.69) is 18.3 Å². The van der Waals surface area contributed by atoms with Crippen molar-refractivity contribution >= 4 is 11.6 Å². The molecule has 2 fully saturated rings. The van der Waals surface area contributed by atoms with Gasteiger partial charge in [-0.05, 0) is 44.2 Å². The van der Waals surface area contributed by atoms with Crippen molar-refractivity contribution in [1.29, 1.82) is 0 Å². The summed E-state index contributed by atoms with van der Waals surface area (Å²) in [4.78, 5) is 0. The molecule has 0 amide bonds. The van der Waals surface area contributed by atoms with Crippen LogP contribution >= 0.6 is 11.6 Å². The predicted octanol–water partition coefficient (Wildman–Crippen LogP) is 3.72. The first-order chi connectivity index (χ1) is 10.2. The second kappa shape index (κ2) is 6.66. The van der Waals surface area contributed by atoms with E-state index in [0.717, 1.165) is 50.5 Å². The van der Waals surface area contributed by atoms with Crippen LogP contribution in [0.3, 0.4) is 0 Å². The number of benzene rings is 1. The minimum atomic E-state index is 0.0361. The molecular weight excluding hydrogens is 286 g/mol. The zero-order chi connectivity index (χ0) is 14.7. The van der Waals surface area contributed by atoms with Crippen LogP contribution in [0.4, 0.5) is 0 Å². The van der Waals surface area contributed by atoms with Gasteiger partial charge >= 0.3 is 0 Å². The lowest BCUT2D eigenvalue weighted by Gasteiger charge is -2.44. The van der Waals surface area contributed by atoms with E-state index in [9.17, 15) is 0 Å². The number of rotatable bonds is 3. The predicted molar refractivity (Wildman–Crippen MR) is 84.8 cm³/mol. The molecule has 0 saturated carbocycles. The number of hydrogen-bond acceptors (Lipinski definition) is 3. The first kappa shape index (κ1) is 15.3. The topological polar surface area (TPSA) is 30.5 Å². The Hall–Kier alpha value is -0.610. The lowest BCUT2D eigenvalue weighted by Crippen LogP contribution is -2.50. The molecule has 2 aliphatic heterocycles. The molecule has 2 saturated heterocycles. The SMILES string of the molecule is C[C@@H](NC1CCOC2(CCOCC2)C1)c1ccccc1Cl. The molecule has 0 aromatic heterocycles. The number of nitrogens with one attached hydrogen (secondary N) is 1. The highest BCUT2D eigenvalue weighted by molar-refractivity contribution is 6.31. The molecule has 4 heteroatoms. The highest BCUT2D eigenvalue weighted by Gasteiger charge is 2.39. The fraction of sp³-hybridized carbons (Fsp3) is 0.647. The summed E-state index contributed by atoms with van der Waals surface area (Å²) in [5.74, 6) is 0. The summed E-state index contributed by atoms with van der Waals surface area (Å²) >= 11 is 6.30. The second-order valence-electron chi connectivity index (χ2n) is 6.24. The molecule has 1 aromatic rings. The summed E-state index contributed by atoms with van der Waals surface area (Å²) in [5, 5.41) is 4.58. The van der Waals surface area contributed by atoms with Crippen LogP contribution in [0.15, 0.2) is 24.3 Å². The van der Waals surface area contributed by atoms with E-state index in [1.165, 1.54) is 5.56 Å². The van der Waals surface area contributed by atoms with Crippen LogP contribution in [0, 0.1) is 0 Å². The molecule has 0 bridgehead atoms. The van der Waals surface area contributed by atoms with Crippen molar-refractivity contribution in [2.45, 2.75) is 50.3 Å². The van der Waals surface area contributed by atoms with E-state index in [1.54, 1.807) is 0 Å². The first-order valence-corrected chi connectivity index (χ1v) is 8.28. The fourth-order valence-electron chi connectivity index (χ4n) is 3.53. The van der Waals surface area contributed by atoms with Crippen molar-refractivity contribution in [2.75, 3.05) is 19.8 Å². The van der Waals surface area contributed by atoms with Gasteiger partial charge in [0.15, 0.2) is 0 Å². The van der Waals surface area contributed by atoms with E-state index in [1.807, 2.05) is 18.2 Å². The molecule has 1 N–H and O–H groups in total. The second-order valence-corrected chi connectivity index (χ2v) is 6.65. The van der Waals surface area contributed by atoms with Crippen LogP contribution in [-0.4, -0.2) is 31.5 Å². The maximum atomic E-state index is 6.30. The van der Waals surface area contributed by atoms with Gasteiger partial charge in [0.1, 0.15) is 0 Å². The monoisotopic (exact) mass is 309 g/mol. The first-order valence-electron chi connectivity index (χ1n) is 7.91. The Kier molecular flexibility index (Phi) is 4.85. The maximum Gasteiger partial charge on any atom is 0.0741 e. The van der Waals surface area contributed by atoms with E-state index < -0.39 is 0 Å². The van der Waals surface area contributed by atoms with E-state index in [-0.39, 0.29) is 11.6 Å². The minimum absolute atomic E-state index is 0.0361. The Morgan fingerprint density at radius 2 is 2.00 bits per heavy atom. The summed E-state index contributed by atoms with van der Waals surface area (Å²) < 4.78 is 11.6. The van der Waals surface area contributed by atoms with Gasteiger partial charge in [0.05, 0.1) is 5.60 Å². The van der Waals surface area contributed by atoms with Gasteiger partial charge in [-0.1, -0.05) is 29.8 Å². The molecule has 0 radical (unpaired) electrons. The van der Waals surface area contributed by atoms with Crippen LogP contribution in [0.2, 0.25) is 5.02 Å². The summed E-state index contributed by atoms with van der Waals surface area (Å²) in [6.07, 6.45) is 4.18. The molecule has 2 heterocycles. The Bertz CT molecular complexity index is 468. The lowest BCUT2D eigenvalue weighted by atomic mass is 9.83. The van der Waals surface area contributed by atoms with Gasteiger partial charge < -0.3 is 14.8 Å². The zero-order valence-electron chi connectivity index (χ0n) is 12.6. The average molecular weight is 310 g/mol. The van der Waals surface area contributed by atoms with Gasteiger partial charge in [-0.2, -0.15) is 0 Å². The summed E-state index contributed by atoms with van der Waals surface area (Å²) in [7, 11) is 0. The summed E-state index contributed by atoms with van der Waals surface area (Å²) in [5.41, 5.74) is 1.21. The van der Waals surface area contributed by atoms with E-state index in [0.29, 0.717) is 6.04 Å². The Labute approximate surface area is 132 Å². The molecule has 1 spiro atoms. The van der Waals surface area contributed by atoms with Gasteiger partial charge in [0.2, 0.25) is 0 Å². The molecule has 1 unspecified atom stereocenters. The third kappa shape index (κ3) is 3.59. The van der Waals surface area contributed by atoms with Crippen LogP contribution < -0.4 is 5.32 Å². The highest BCUT2D eigenvalue weighted by Crippen LogP contribution is 2.35. The van der Waals surface area contributed by atoms with Gasteiger partial charge in [-0.15, -0.1) is 0 Å². The fourth-order valence-corrected chi connectivity index (χ4v) is 3.83. The Morgan fingerprint density at radius 3 is 2.76 bits per heavy atom. The molecule has 3 rings (SSSR count). The summed E-state index contributed by atoms with van der Waals surface area (Å²) in [6.45, 7) is 4.68. The number of ether oxygens (including phenoxy) is 2. The Balaban J connectivity index is 1.63. The van der Waals surface area contributed by atoms with Crippen LogP contribution in [-0.2, 0) is 9.47 Å². The normalized spacial score (nSPS) is 26.7. The van der Waals surface area contributed by atoms with Crippen molar-refractivity contribution in [2.24, 2.45) is 0 Å². The molecule has 1 aromatic carbocycles. The largest absolute Gasteiger partial charge is 0.381 e. The molecular formula is C17H24ClNO2. The Morgan fingerprint density at radius 1 is 1.24 bits per heavy atom. The number of hydrogen-bond donors (Lipinski definition) is 1. The van der Waals surface area contributed by atoms with Crippen molar-refractivity contribution in [1.82, 2.24) is 5.32 Å². The van der Waals surface area contributed by atoms with Gasteiger partial charge in [-0.3, -0.25) is 0 Å². The standard InChI is InChI=1S/C17H24ClNO2/c1-13(15-4-2-3-5-16(15)18)19-14-6-9-21-17(12-14)7-10-20-11-8-17/h2-5,13-14,19H,6-12H2,1H3/t13-,14?/m1/s1. The summed E-state index contributed by atoms with van der Waals surface area (Å²) in [6, 6.07) is 8.83. The smallest absolute Gasteiger partial charge is 0.0741 e. The number of halogens is 1. The van der Waals surface area contributed by atoms with Gasteiger partial charge in [-0.25, -0.2) is 0 Å². The van der Waals surface area contributed by atoms with Gasteiger partial charge in [0.25, 0.3) is 0 Å². The minimum Gasteiger partial charge on any atom is -0.381 e. The third-order valence-corrected chi connectivity index (χ3v) is 5.10. The van der Waals surface area contributed by atoms with E-state index in [4.69, 9.17) is 21.1 Å². The molecule has 116 valence electrons. The average Bonchev–Trinajstić information content (AvgIpc) is 2.48. The molecule has 21 heavy (non-hydrogen) atoms.